The van der Waals surface area contributed by atoms with Crippen LogP contribution in [0, 0.1) is 0 Å². The van der Waals surface area contributed by atoms with E-state index >= 15 is 0 Å². The van der Waals surface area contributed by atoms with Crippen LogP contribution in [-0.4, -0.2) is 7.11 Å². The Morgan fingerprint density at radius 3 is 2.69 bits per heavy atom. The smallest absolute Gasteiger partial charge is 0.124 e. The molecule has 1 aromatic carbocycles. The summed E-state index contributed by atoms with van der Waals surface area (Å²) in [6, 6.07) is 5.26. The lowest BCUT2D eigenvalue weighted by Gasteiger charge is -2.10. The minimum Gasteiger partial charge on any atom is -0.496 e. The van der Waals surface area contributed by atoms with Gasteiger partial charge < -0.3 is 10.5 Å². The van der Waals surface area contributed by atoms with Gasteiger partial charge in [-0.3, -0.25) is 0 Å². The van der Waals surface area contributed by atoms with Gasteiger partial charge in [0.05, 0.1) is 7.11 Å². The van der Waals surface area contributed by atoms with Gasteiger partial charge in [0.15, 0.2) is 0 Å². The van der Waals surface area contributed by atoms with Crippen molar-refractivity contribution in [1.82, 2.24) is 0 Å². The van der Waals surface area contributed by atoms with Crippen molar-refractivity contribution in [1.29, 1.82) is 0 Å². The van der Waals surface area contributed by atoms with E-state index in [-0.39, 0.29) is 6.04 Å². The molecule has 1 rings (SSSR count). The Morgan fingerprint density at radius 1 is 1.54 bits per heavy atom. The third kappa shape index (κ3) is 2.18. The highest BCUT2D eigenvalue weighted by molar-refractivity contribution is 5.37. The van der Waals surface area contributed by atoms with Crippen LogP contribution in [0.3, 0.4) is 0 Å². The molecule has 1 aromatic rings. The summed E-state index contributed by atoms with van der Waals surface area (Å²) in [4.78, 5) is 0. The van der Waals surface area contributed by atoms with E-state index in [9.17, 15) is 4.39 Å². The fourth-order valence-corrected chi connectivity index (χ4v) is 1.19. The molecular formula is C10H14FNO. The van der Waals surface area contributed by atoms with Gasteiger partial charge in [-0.1, -0.05) is 6.07 Å². The Bertz CT molecular complexity index is 286. The van der Waals surface area contributed by atoms with Gasteiger partial charge >= 0.3 is 0 Å². The van der Waals surface area contributed by atoms with Gasteiger partial charge in [-0.05, 0) is 24.6 Å². The fraction of sp³-hybridized carbons (Fsp3) is 0.400. The molecule has 0 heterocycles. The second-order valence-corrected chi connectivity index (χ2v) is 2.99. The lowest BCUT2D eigenvalue weighted by Crippen LogP contribution is -2.05. The molecule has 0 aliphatic rings. The second-order valence-electron chi connectivity index (χ2n) is 2.99. The molecule has 0 radical (unpaired) electrons. The number of benzene rings is 1. The lowest BCUT2D eigenvalue weighted by atomic mass is 10.1. The van der Waals surface area contributed by atoms with Crippen LogP contribution in [0.5, 0.6) is 5.75 Å². The maximum Gasteiger partial charge on any atom is 0.124 e. The Balaban J connectivity index is 3.05. The highest BCUT2D eigenvalue weighted by atomic mass is 19.1. The predicted molar refractivity (Wildman–Crippen MR) is 50.4 cm³/mol. The van der Waals surface area contributed by atoms with Gasteiger partial charge in [0.1, 0.15) is 12.4 Å². The molecule has 2 N–H and O–H groups in total. The lowest BCUT2D eigenvalue weighted by molar-refractivity contribution is 0.393. The summed E-state index contributed by atoms with van der Waals surface area (Å²) in [7, 11) is 1.53. The Labute approximate surface area is 77.5 Å². The zero-order valence-electron chi connectivity index (χ0n) is 7.88. The molecule has 0 saturated heterocycles. The van der Waals surface area contributed by atoms with E-state index < -0.39 is 6.67 Å². The van der Waals surface area contributed by atoms with Crippen LogP contribution in [0.4, 0.5) is 4.39 Å². The maximum absolute atomic E-state index is 12.5. The van der Waals surface area contributed by atoms with Crippen LogP contribution in [0.25, 0.3) is 0 Å². The zero-order valence-corrected chi connectivity index (χ0v) is 7.88. The summed E-state index contributed by atoms with van der Waals surface area (Å²) in [6.07, 6.45) is 0. The summed E-state index contributed by atoms with van der Waals surface area (Å²) in [5.74, 6) is 0.576. The molecule has 0 saturated carbocycles. The number of nitrogens with two attached hydrogens (primary N) is 1. The molecule has 0 fully saturated rings. The molecule has 72 valence electrons. The summed E-state index contributed by atoms with van der Waals surface area (Å²) in [5, 5.41) is 0. The van der Waals surface area contributed by atoms with E-state index in [0.717, 1.165) is 5.56 Å². The maximum atomic E-state index is 12.5. The van der Waals surface area contributed by atoms with Crippen molar-refractivity contribution in [3.8, 4) is 5.75 Å². The van der Waals surface area contributed by atoms with E-state index in [1.54, 1.807) is 12.1 Å². The Morgan fingerprint density at radius 2 is 2.23 bits per heavy atom. The number of rotatable bonds is 3. The van der Waals surface area contributed by atoms with Gasteiger partial charge in [-0.25, -0.2) is 4.39 Å². The molecule has 0 aromatic heterocycles. The topological polar surface area (TPSA) is 35.2 Å². The first kappa shape index (κ1) is 9.99. The third-order valence-corrected chi connectivity index (χ3v) is 1.97. The van der Waals surface area contributed by atoms with Gasteiger partial charge in [-0.15, -0.1) is 0 Å². The summed E-state index contributed by atoms with van der Waals surface area (Å²) in [5.41, 5.74) is 7.14. The summed E-state index contributed by atoms with van der Waals surface area (Å²) >= 11 is 0. The average molecular weight is 183 g/mol. The van der Waals surface area contributed by atoms with Crippen molar-refractivity contribution in [3.05, 3.63) is 29.3 Å². The van der Waals surface area contributed by atoms with Gasteiger partial charge in [0.25, 0.3) is 0 Å². The van der Waals surface area contributed by atoms with E-state index in [1.165, 1.54) is 7.11 Å². The van der Waals surface area contributed by atoms with Crippen molar-refractivity contribution in [2.24, 2.45) is 5.73 Å². The molecule has 0 aliphatic heterocycles. The molecule has 13 heavy (non-hydrogen) atoms. The van der Waals surface area contributed by atoms with Crippen LogP contribution in [0.1, 0.15) is 24.1 Å². The van der Waals surface area contributed by atoms with Crippen LogP contribution in [0.2, 0.25) is 0 Å². The van der Waals surface area contributed by atoms with Crippen LogP contribution >= 0.6 is 0 Å². The molecular weight excluding hydrogens is 169 g/mol. The van der Waals surface area contributed by atoms with Crippen LogP contribution in [-0.2, 0) is 6.67 Å². The van der Waals surface area contributed by atoms with Crippen LogP contribution in [0.15, 0.2) is 18.2 Å². The van der Waals surface area contributed by atoms with Crippen molar-refractivity contribution >= 4 is 0 Å². The standard InChI is InChI=1S/C10H14FNO/c1-7(12)8-3-4-10(13-2)9(5-8)6-11/h3-5,7H,6,12H2,1-2H3. The number of halogens is 1. The number of methoxy groups -OCH3 is 1. The summed E-state index contributed by atoms with van der Waals surface area (Å²) in [6.45, 7) is 1.34. The van der Waals surface area contributed by atoms with Crippen molar-refractivity contribution < 1.29 is 9.13 Å². The number of alkyl halides is 1. The molecule has 0 spiro atoms. The average Bonchev–Trinajstić information content (AvgIpc) is 2.16. The van der Waals surface area contributed by atoms with Crippen LogP contribution < -0.4 is 10.5 Å². The molecule has 0 aliphatic carbocycles. The van der Waals surface area contributed by atoms with E-state index in [2.05, 4.69) is 0 Å². The zero-order chi connectivity index (χ0) is 9.84. The monoisotopic (exact) mass is 183 g/mol. The Kier molecular flexibility index (Phi) is 3.25. The Hall–Kier alpha value is -1.09. The van der Waals surface area contributed by atoms with Gasteiger partial charge in [0, 0.05) is 11.6 Å². The first-order valence-corrected chi connectivity index (χ1v) is 4.17. The van der Waals surface area contributed by atoms with Gasteiger partial charge in [-0.2, -0.15) is 0 Å². The first-order chi connectivity index (χ1) is 6.19. The van der Waals surface area contributed by atoms with E-state index in [4.69, 9.17) is 10.5 Å². The molecule has 3 heteroatoms. The quantitative estimate of drug-likeness (QED) is 0.779. The normalized spacial score (nSPS) is 12.6. The minimum atomic E-state index is -0.524. The highest BCUT2D eigenvalue weighted by Crippen LogP contribution is 2.23. The first-order valence-electron chi connectivity index (χ1n) is 4.17. The van der Waals surface area contributed by atoms with E-state index in [0.29, 0.717) is 11.3 Å². The fourth-order valence-electron chi connectivity index (χ4n) is 1.19. The second kappa shape index (κ2) is 4.23. The number of hydrogen-bond donors (Lipinski definition) is 1. The SMILES string of the molecule is COc1ccc(C(C)N)cc1CF. The summed E-state index contributed by atoms with van der Waals surface area (Å²) < 4.78 is 17.5. The van der Waals surface area contributed by atoms with Crippen molar-refractivity contribution in [3.63, 3.8) is 0 Å². The minimum absolute atomic E-state index is 0.0730. The number of hydrogen-bond acceptors (Lipinski definition) is 2. The molecule has 0 amide bonds. The molecule has 1 atom stereocenters. The molecule has 2 nitrogen and oxygen atoms in total. The van der Waals surface area contributed by atoms with Gasteiger partial charge in [0.2, 0.25) is 0 Å². The molecule has 1 unspecified atom stereocenters. The number of ether oxygens (including phenoxy) is 1. The highest BCUT2D eigenvalue weighted by Gasteiger charge is 2.05. The molecule has 0 bridgehead atoms. The largest absolute Gasteiger partial charge is 0.496 e. The predicted octanol–water partition coefficient (Wildman–Crippen LogP) is 2.18. The van der Waals surface area contributed by atoms with E-state index in [1.807, 2.05) is 13.0 Å². The van der Waals surface area contributed by atoms with Crippen molar-refractivity contribution in [2.75, 3.05) is 7.11 Å². The van der Waals surface area contributed by atoms with Crippen molar-refractivity contribution in [2.45, 2.75) is 19.6 Å². The third-order valence-electron chi connectivity index (χ3n) is 1.97.